The standard InChI is InChI=1S/C31H23N/c1-22-18-25(23-10-4-2-5-11-23)20-26(19-22)24-16-17-31-29(21-24)28-14-8-9-15-30(28)32(31)27-12-6-3-7-13-27/h2-21H,1H3. The number of fused-ring (bicyclic) bond motifs is 3. The van der Waals surface area contributed by atoms with Gasteiger partial charge in [0.2, 0.25) is 0 Å². The first-order chi connectivity index (χ1) is 15.8. The maximum Gasteiger partial charge on any atom is 0.0541 e. The van der Waals surface area contributed by atoms with E-state index in [1.807, 2.05) is 0 Å². The molecule has 1 heterocycles. The van der Waals surface area contributed by atoms with Crippen LogP contribution < -0.4 is 0 Å². The van der Waals surface area contributed by atoms with E-state index in [4.69, 9.17) is 0 Å². The summed E-state index contributed by atoms with van der Waals surface area (Å²) in [6, 6.07) is 43.6. The zero-order chi connectivity index (χ0) is 21.5. The van der Waals surface area contributed by atoms with E-state index in [2.05, 4.69) is 133 Å². The highest BCUT2D eigenvalue weighted by molar-refractivity contribution is 6.10. The van der Waals surface area contributed by atoms with E-state index in [-0.39, 0.29) is 0 Å². The second-order valence-corrected chi connectivity index (χ2v) is 8.37. The minimum atomic E-state index is 1.19. The summed E-state index contributed by atoms with van der Waals surface area (Å²) in [6.45, 7) is 2.18. The summed E-state index contributed by atoms with van der Waals surface area (Å²) in [4.78, 5) is 0. The molecule has 1 heteroatoms. The Morgan fingerprint density at radius 1 is 0.438 bits per heavy atom. The second-order valence-electron chi connectivity index (χ2n) is 8.37. The molecule has 0 aliphatic rings. The molecule has 0 amide bonds. The lowest BCUT2D eigenvalue weighted by molar-refractivity contribution is 1.18. The molecule has 32 heavy (non-hydrogen) atoms. The molecule has 0 aliphatic heterocycles. The molecule has 0 atom stereocenters. The van der Waals surface area contributed by atoms with Gasteiger partial charge in [-0.05, 0) is 71.1 Å². The third-order valence-electron chi connectivity index (χ3n) is 6.20. The van der Waals surface area contributed by atoms with Gasteiger partial charge in [-0.25, -0.2) is 0 Å². The van der Waals surface area contributed by atoms with Gasteiger partial charge in [-0.3, -0.25) is 0 Å². The van der Waals surface area contributed by atoms with E-state index < -0.39 is 0 Å². The Kier molecular flexibility index (Phi) is 4.40. The molecule has 0 fully saturated rings. The maximum absolute atomic E-state index is 2.36. The van der Waals surface area contributed by atoms with Crippen LogP contribution in [0.15, 0.2) is 121 Å². The SMILES string of the molecule is Cc1cc(-c2ccccc2)cc(-c2ccc3c(c2)c2ccccc2n3-c2ccccc2)c1. The molecule has 0 radical (unpaired) electrons. The molecule has 0 saturated carbocycles. The van der Waals surface area contributed by atoms with Crippen LogP contribution in [0.1, 0.15) is 5.56 Å². The lowest BCUT2D eigenvalue weighted by atomic mass is 9.96. The molecule has 6 aromatic rings. The van der Waals surface area contributed by atoms with Crippen LogP contribution >= 0.6 is 0 Å². The Hall–Kier alpha value is -4.10. The summed E-state index contributed by atoms with van der Waals surface area (Å²) < 4.78 is 2.36. The first-order valence-corrected chi connectivity index (χ1v) is 11.0. The lowest BCUT2D eigenvalue weighted by Crippen LogP contribution is -1.92. The monoisotopic (exact) mass is 409 g/mol. The number of rotatable bonds is 3. The summed E-state index contributed by atoms with van der Waals surface area (Å²) in [5.74, 6) is 0. The zero-order valence-corrected chi connectivity index (χ0v) is 18.0. The van der Waals surface area contributed by atoms with Crippen LogP contribution in [-0.4, -0.2) is 4.57 Å². The number of para-hydroxylation sites is 2. The molecule has 0 saturated heterocycles. The van der Waals surface area contributed by atoms with Gasteiger partial charge >= 0.3 is 0 Å². The largest absolute Gasteiger partial charge is 0.309 e. The van der Waals surface area contributed by atoms with E-state index in [0.29, 0.717) is 0 Å². The molecule has 0 N–H and O–H groups in total. The first-order valence-electron chi connectivity index (χ1n) is 11.0. The van der Waals surface area contributed by atoms with Crippen molar-refractivity contribution in [1.82, 2.24) is 4.57 Å². The normalized spacial score (nSPS) is 11.3. The van der Waals surface area contributed by atoms with Gasteiger partial charge in [-0.1, -0.05) is 84.9 Å². The Morgan fingerprint density at radius 2 is 1.06 bits per heavy atom. The Labute approximate surface area is 188 Å². The average Bonchev–Trinajstić information content (AvgIpc) is 3.18. The summed E-state index contributed by atoms with van der Waals surface area (Å²) in [6.07, 6.45) is 0. The van der Waals surface area contributed by atoms with E-state index in [9.17, 15) is 0 Å². The number of aryl methyl sites for hydroxylation is 1. The molecular weight excluding hydrogens is 386 g/mol. The summed E-state index contributed by atoms with van der Waals surface area (Å²) in [5, 5.41) is 2.56. The van der Waals surface area contributed by atoms with Crippen molar-refractivity contribution in [2.45, 2.75) is 6.92 Å². The van der Waals surface area contributed by atoms with Gasteiger partial charge in [0, 0.05) is 16.5 Å². The van der Waals surface area contributed by atoms with E-state index >= 15 is 0 Å². The van der Waals surface area contributed by atoms with Gasteiger partial charge in [0.25, 0.3) is 0 Å². The number of hydrogen-bond donors (Lipinski definition) is 0. The number of benzene rings is 5. The van der Waals surface area contributed by atoms with Crippen LogP contribution in [0.2, 0.25) is 0 Å². The number of nitrogens with zero attached hydrogens (tertiary/aromatic N) is 1. The Balaban J connectivity index is 1.58. The van der Waals surface area contributed by atoms with Crippen molar-refractivity contribution in [3.8, 4) is 27.9 Å². The molecule has 152 valence electrons. The topological polar surface area (TPSA) is 4.93 Å². The van der Waals surface area contributed by atoms with Crippen molar-refractivity contribution < 1.29 is 0 Å². The van der Waals surface area contributed by atoms with Crippen molar-refractivity contribution in [3.05, 3.63) is 127 Å². The summed E-state index contributed by atoms with van der Waals surface area (Å²) in [5.41, 5.74) is 9.93. The van der Waals surface area contributed by atoms with Crippen molar-refractivity contribution in [3.63, 3.8) is 0 Å². The zero-order valence-electron chi connectivity index (χ0n) is 18.0. The summed E-state index contributed by atoms with van der Waals surface area (Å²) in [7, 11) is 0. The molecule has 1 nitrogen and oxygen atoms in total. The van der Waals surface area contributed by atoms with Gasteiger partial charge < -0.3 is 4.57 Å². The molecule has 1 aromatic heterocycles. The molecule has 0 bridgehead atoms. The highest BCUT2D eigenvalue weighted by atomic mass is 15.0. The van der Waals surface area contributed by atoms with Gasteiger partial charge in [0.05, 0.1) is 11.0 Å². The Bertz CT molecular complexity index is 1560. The number of hydrogen-bond acceptors (Lipinski definition) is 0. The van der Waals surface area contributed by atoms with Crippen LogP contribution in [0.5, 0.6) is 0 Å². The second kappa shape index (κ2) is 7.55. The van der Waals surface area contributed by atoms with E-state index in [0.717, 1.165) is 0 Å². The quantitative estimate of drug-likeness (QED) is 0.276. The molecule has 6 rings (SSSR count). The van der Waals surface area contributed by atoms with E-state index in [1.165, 1.54) is 55.3 Å². The third-order valence-corrected chi connectivity index (χ3v) is 6.20. The van der Waals surface area contributed by atoms with Gasteiger partial charge in [-0.2, -0.15) is 0 Å². The van der Waals surface area contributed by atoms with Gasteiger partial charge in [-0.15, -0.1) is 0 Å². The van der Waals surface area contributed by atoms with Crippen LogP contribution in [0.4, 0.5) is 0 Å². The average molecular weight is 410 g/mol. The van der Waals surface area contributed by atoms with Crippen LogP contribution in [0.3, 0.4) is 0 Å². The smallest absolute Gasteiger partial charge is 0.0541 e. The van der Waals surface area contributed by atoms with Crippen LogP contribution in [0, 0.1) is 6.92 Å². The highest BCUT2D eigenvalue weighted by Gasteiger charge is 2.13. The highest BCUT2D eigenvalue weighted by Crippen LogP contribution is 2.36. The van der Waals surface area contributed by atoms with Crippen molar-refractivity contribution in [1.29, 1.82) is 0 Å². The molecule has 0 aliphatic carbocycles. The molecule has 0 spiro atoms. The fraction of sp³-hybridized carbons (Fsp3) is 0.0323. The van der Waals surface area contributed by atoms with E-state index in [1.54, 1.807) is 0 Å². The predicted molar refractivity (Wildman–Crippen MR) is 136 cm³/mol. The first kappa shape index (κ1) is 18.7. The molecular formula is C31H23N. The van der Waals surface area contributed by atoms with Crippen LogP contribution in [-0.2, 0) is 0 Å². The fourth-order valence-corrected chi connectivity index (χ4v) is 4.75. The molecule has 0 unspecified atom stereocenters. The summed E-state index contributed by atoms with van der Waals surface area (Å²) >= 11 is 0. The minimum Gasteiger partial charge on any atom is -0.309 e. The minimum absolute atomic E-state index is 1.19. The lowest BCUT2D eigenvalue weighted by Gasteiger charge is -2.10. The molecule has 5 aromatic carbocycles. The van der Waals surface area contributed by atoms with Gasteiger partial charge in [0.15, 0.2) is 0 Å². The van der Waals surface area contributed by atoms with Crippen LogP contribution in [0.25, 0.3) is 49.7 Å². The predicted octanol–water partition coefficient (Wildman–Crippen LogP) is 8.43. The maximum atomic E-state index is 2.36. The van der Waals surface area contributed by atoms with Crippen molar-refractivity contribution in [2.75, 3.05) is 0 Å². The van der Waals surface area contributed by atoms with Crippen molar-refractivity contribution in [2.24, 2.45) is 0 Å². The third kappa shape index (κ3) is 3.11. The fourth-order valence-electron chi connectivity index (χ4n) is 4.75. The number of aromatic nitrogens is 1. The Morgan fingerprint density at radius 3 is 1.84 bits per heavy atom. The van der Waals surface area contributed by atoms with Crippen molar-refractivity contribution >= 4 is 21.8 Å². The van der Waals surface area contributed by atoms with Gasteiger partial charge in [0.1, 0.15) is 0 Å².